The van der Waals surface area contributed by atoms with E-state index >= 15 is 0 Å². The summed E-state index contributed by atoms with van der Waals surface area (Å²) in [5.74, 6) is 1.60. The van der Waals surface area contributed by atoms with E-state index in [0.717, 1.165) is 37.2 Å². The third-order valence-electron chi connectivity index (χ3n) is 2.78. The van der Waals surface area contributed by atoms with Crippen LogP contribution >= 0.6 is 15.5 Å². The van der Waals surface area contributed by atoms with Crippen molar-refractivity contribution in [1.29, 1.82) is 0 Å². The van der Waals surface area contributed by atoms with Gasteiger partial charge < -0.3 is 27.7 Å². The number of unbranched alkanes of at least 4 members (excludes halogenated alkanes) is 6. The van der Waals surface area contributed by atoms with Crippen LogP contribution < -0.4 is 9.79 Å². The van der Waals surface area contributed by atoms with Gasteiger partial charge >= 0.3 is 27.8 Å². The Morgan fingerprint density at radius 1 is 0.895 bits per heavy atom. The number of rotatable bonds is 10. The van der Waals surface area contributed by atoms with E-state index in [1.165, 1.54) is 43.7 Å². The second kappa shape index (κ2) is 16.3. The van der Waals surface area contributed by atoms with Crippen LogP contribution in [0.25, 0.3) is 0 Å². The van der Waals surface area contributed by atoms with Crippen molar-refractivity contribution < 1.29 is 27.8 Å². The SMILES string of the molecule is CCCCCCS(CCCCCC)=P([O-])([O-])[S-].[S]=[Mo+3]. The Balaban J connectivity index is 0. The average Bonchev–Trinajstić information content (AvgIpc) is 2.38. The van der Waals surface area contributed by atoms with Gasteiger partial charge in [-0.05, 0) is 24.3 Å². The van der Waals surface area contributed by atoms with Crippen molar-refractivity contribution in [1.82, 2.24) is 0 Å². The van der Waals surface area contributed by atoms with Crippen LogP contribution in [-0.4, -0.2) is 11.5 Å². The van der Waals surface area contributed by atoms with Gasteiger partial charge in [0.25, 0.3) is 0 Å². The fraction of sp³-hybridized carbons (Fsp3) is 1.00. The molecule has 0 amide bonds. The van der Waals surface area contributed by atoms with Gasteiger partial charge in [-0.2, -0.15) is 0 Å². The Kier molecular flexibility index (Phi) is 20.0. The second-order valence-corrected chi connectivity index (χ2v) is 12.2. The summed E-state index contributed by atoms with van der Waals surface area (Å²) in [6.45, 7) is 4.33. The summed E-state index contributed by atoms with van der Waals surface area (Å²) in [5.41, 5.74) is -3.51. The molecule has 0 aromatic rings. The molecule has 0 fully saturated rings. The summed E-state index contributed by atoms with van der Waals surface area (Å²) < 4.78 is 0. The van der Waals surface area contributed by atoms with Crippen LogP contribution in [0.5, 0.6) is 0 Å². The molecule has 0 radical (unpaired) electrons. The van der Waals surface area contributed by atoms with E-state index in [0.29, 0.717) is 0 Å². The van der Waals surface area contributed by atoms with Crippen LogP contribution in [0, 0.1) is 0 Å². The zero-order valence-electron chi connectivity index (χ0n) is 12.0. The Hall–Kier alpha value is 1.96. The van der Waals surface area contributed by atoms with Gasteiger partial charge in [-0.1, -0.05) is 52.4 Å². The van der Waals surface area contributed by atoms with Crippen LogP contribution in [0.4, 0.5) is 0 Å². The molecule has 0 unspecified atom stereocenters. The molecule has 115 valence electrons. The third-order valence-corrected chi connectivity index (χ3v) is 9.83. The molecule has 2 nitrogen and oxygen atoms in total. The minimum atomic E-state index is -3.51. The van der Waals surface area contributed by atoms with Crippen molar-refractivity contribution >= 4 is 37.8 Å². The fourth-order valence-corrected chi connectivity index (χ4v) is 6.90. The molecule has 0 spiro atoms. The van der Waals surface area contributed by atoms with Crippen molar-refractivity contribution in [2.24, 2.45) is 0 Å². The minimum absolute atomic E-state index is 0.534. The van der Waals surface area contributed by atoms with Crippen molar-refractivity contribution in [2.45, 2.75) is 65.2 Å². The molecule has 0 saturated carbocycles. The maximum absolute atomic E-state index is 11.5. The third kappa shape index (κ3) is 16.2. The van der Waals surface area contributed by atoms with E-state index in [1.807, 2.05) is 0 Å². The van der Waals surface area contributed by atoms with Crippen molar-refractivity contribution in [3.05, 3.63) is 0 Å². The summed E-state index contributed by atoms with van der Waals surface area (Å²) in [4.78, 5) is 23.0. The molecule has 0 aliphatic rings. The molecular weight excluding hydrogens is 399 g/mol. The second-order valence-electron chi connectivity index (χ2n) is 4.44. The van der Waals surface area contributed by atoms with E-state index in [9.17, 15) is 9.79 Å². The summed E-state index contributed by atoms with van der Waals surface area (Å²) in [6, 6.07) is 0. The molecule has 0 rings (SSSR count). The molecule has 0 aliphatic heterocycles. The topological polar surface area (TPSA) is 46.1 Å². The van der Waals surface area contributed by atoms with Crippen LogP contribution in [0.1, 0.15) is 65.2 Å². The Labute approximate surface area is 141 Å². The summed E-state index contributed by atoms with van der Waals surface area (Å²) in [7, 11) is 3.56. The number of hydrogen-bond acceptors (Lipinski definition) is 4. The summed E-state index contributed by atoms with van der Waals surface area (Å²) >= 11 is 6.21. The Morgan fingerprint density at radius 3 is 1.53 bits per heavy atom. The van der Waals surface area contributed by atoms with Crippen molar-refractivity contribution in [3.63, 3.8) is 0 Å². The zero-order valence-corrected chi connectivity index (χ0v) is 17.3. The van der Waals surface area contributed by atoms with E-state index in [1.54, 1.807) is 0 Å². The Morgan fingerprint density at radius 2 is 1.26 bits per heavy atom. The predicted octanol–water partition coefficient (Wildman–Crippen LogP) is 3.36. The molecule has 0 saturated heterocycles. The van der Waals surface area contributed by atoms with E-state index < -0.39 is 15.8 Å². The molecule has 19 heavy (non-hydrogen) atoms. The molecule has 0 aromatic heterocycles. The van der Waals surface area contributed by atoms with Crippen LogP contribution in [0.2, 0.25) is 0 Å². The first-order valence-electron chi connectivity index (χ1n) is 6.89. The monoisotopic (exact) mass is 427 g/mol. The van der Waals surface area contributed by atoms with Crippen molar-refractivity contribution in [2.75, 3.05) is 11.5 Å². The van der Waals surface area contributed by atoms with E-state index in [2.05, 4.69) is 35.9 Å². The van der Waals surface area contributed by atoms with Gasteiger partial charge in [-0.3, -0.25) is 0 Å². The van der Waals surface area contributed by atoms with Crippen LogP contribution in [0.15, 0.2) is 0 Å². The zero-order chi connectivity index (χ0) is 15.1. The van der Waals surface area contributed by atoms with Crippen molar-refractivity contribution in [3.8, 4) is 0 Å². The van der Waals surface area contributed by atoms with E-state index in [-0.39, 0.29) is 0 Å². The first-order valence-corrected chi connectivity index (χ1v) is 14.5. The maximum atomic E-state index is 11.5. The van der Waals surface area contributed by atoms with Gasteiger partial charge in [-0.15, -0.1) is 0 Å². The predicted molar refractivity (Wildman–Crippen MR) is 87.3 cm³/mol. The molecule has 0 heterocycles. The summed E-state index contributed by atoms with van der Waals surface area (Å²) in [5, 5.41) is 0. The standard InChI is InChI=1S/C12H26O2PS2.Mo.S/c1-3-5-7-9-11-17(15(13,14)16)12-10-8-6-4-2;;/h3-12H2,1-2H3;;/q-3;+3;. The van der Waals surface area contributed by atoms with Gasteiger partial charge in [-0.25, -0.2) is 10.1 Å². The molecular formula is C12H26MoO2PS3. The van der Waals surface area contributed by atoms with Crippen LogP contribution in [-0.2, 0) is 40.3 Å². The van der Waals surface area contributed by atoms with E-state index in [4.69, 9.17) is 0 Å². The first kappa shape index (κ1) is 23.2. The van der Waals surface area contributed by atoms with Gasteiger partial charge in [0.1, 0.15) is 0 Å². The first-order chi connectivity index (χ1) is 9.02. The molecule has 0 aromatic carbocycles. The Bertz CT molecular complexity index is 237. The normalized spacial score (nSPS) is 11.4. The molecule has 0 atom stereocenters. The molecule has 0 bridgehead atoms. The molecule has 0 aliphatic carbocycles. The van der Waals surface area contributed by atoms with Gasteiger partial charge in [0.2, 0.25) is 0 Å². The molecule has 7 heteroatoms. The quantitative estimate of drug-likeness (QED) is 0.233. The summed E-state index contributed by atoms with van der Waals surface area (Å²) in [6.07, 6.45) is 9.11. The van der Waals surface area contributed by atoms with Crippen LogP contribution in [0.3, 0.4) is 0 Å². The fourth-order valence-electron chi connectivity index (χ4n) is 1.72. The van der Waals surface area contributed by atoms with Gasteiger partial charge in [0.05, 0.1) is 0 Å². The molecule has 0 N–H and O–H groups in total. The van der Waals surface area contributed by atoms with Gasteiger partial charge in [0, 0.05) is 0 Å². The van der Waals surface area contributed by atoms with Gasteiger partial charge in [0.15, 0.2) is 0 Å². The number of hydrogen-bond donors (Lipinski definition) is 0. The average molecular weight is 425 g/mol.